The Kier molecular flexibility index (Phi) is 5.62. The maximum Gasteiger partial charge on any atom is 0.394 e. The van der Waals surface area contributed by atoms with Gasteiger partial charge in [-0.3, -0.25) is 9.11 Å². The van der Waals surface area contributed by atoms with Crippen LogP contribution in [0.3, 0.4) is 0 Å². The Balaban J connectivity index is 0.000000292. The number of benzene rings is 1. The standard InChI is InChI=1S/C6H5BrFN.H2O4S/c7-5-1-3-6(9-8)4-2-5;1-5(2,3)4/h1-4,9H;(H2,1,2,3,4). The van der Waals surface area contributed by atoms with Crippen molar-refractivity contribution in [2.75, 3.05) is 5.54 Å². The van der Waals surface area contributed by atoms with Crippen molar-refractivity contribution in [3.8, 4) is 0 Å². The summed E-state index contributed by atoms with van der Waals surface area (Å²) in [6, 6.07) is 6.82. The van der Waals surface area contributed by atoms with Gasteiger partial charge in [0.05, 0.1) is 5.69 Å². The maximum atomic E-state index is 11.6. The minimum Gasteiger partial charge on any atom is -0.264 e. The molecular weight excluding hydrogens is 281 g/mol. The summed E-state index contributed by atoms with van der Waals surface area (Å²) in [4.78, 5) is 0. The summed E-state index contributed by atoms with van der Waals surface area (Å²) in [5, 5.41) is 0. The van der Waals surface area contributed by atoms with E-state index in [0.29, 0.717) is 5.69 Å². The Morgan fingerprint density at radius 3 is 1.86 bits per heavy atom. The fraction of sp³-hybridized carbons (Fsp3) is 0. The van der Waals surface area contributed by atoms with E-state index in [1.807, 2.05) is 0 Å². The van der Waals surface area contributed by atoms with Crippen LogP contribution in [0.1, 0.15) is 0 Å². The summed E-state index contributed by atoms with van der Waals surface area (Å²) in [5.74, 6) is 0. The van der Waals surface area contributed by atoms with Gasteiger partial charge in [-0.25, -0.2) is 5.54 Å². The molecule has 1 rings (SSSR count). The molecule has 0 unspecified atom stereocenters. The molecule has 0 spiro atoms. The molecule has 0 amide bonds. The fourth-order valence-electron chi connectivity index (χ4n) is 0.513. The average molecular weight is 288 g/mol. The third-order valence-electron chi connectivity index (χ3n) is 0.953. The second-order valence-electron chi connectivity index (χ2n) is 2.05. The van der Waals surface area contributed by atoms with E-state index in [1.165, 1.54) is 5.54 Å². The summed E-state index contributed by atoms with van der Waals surface area (Å²) >= 11 is 3.22. The van der Waals surface area contributed by atoms with Gasteiger partial charge >= 0.3 is 10.4 Å². The van der Waals surface area contributed by atoms with Crippen LogP contribution in [0.15, 0.2) is 28.7 Å². The largest absolute Gasteiger partial charge is 0.394 e. The van der Waals surface area contributed by atoms with E-state index in [4.69, 9.17) is 17.5 Å². The number of halogens is 2. The number of rotatable bonds is 1. The molecule has 0 radical (unpaired) electrons. The average Bonchev–Trinajstić information content (AvgIpc) is 2.03. The maximum absolute atomic E-state index is 11.6. The van der Waals surface area contributed by atoms with Crippen molar-refractivity contribution in [3.05, 3.63) is 28.7 Å². The number of anilines is 1. The highest BCUT2D eigenvalue weighted by atomic mass is 79.9. The third-order valence-corrected chi connectivity index (χ3v) is 1.48. The van der Waals surface area contributed by atoms with Gasteiger partial charge in [0.2, 0.25) is 0 Å². The van der Waals surface area contributed by atoms with Crippen molar-refractivity contribution in [3.63, 3.8) is 0 Å². The first-order valence-corrected chi connectivity index (χ1v) is 5.34. The van der Waals surface area contributed by atoms with Crippen LogP contribution in [0.2, 0.25) is 0 Å². The first-order chi connectivity index (χ1) is 6.33. The van der Waals surface area contributed by atoms with Crippen molar-refractivity contribution in [2.45, 2.75) is 0 Å². The van der Waals surface area contributed by atoms with Gasteiger partial charge in [0, 0.05) is 4.47 Å². The molecule has 0 aliphatic carbocycles. The molecule has 0 aromatic heterocycles. The first kappa shape index (κ1) is 13.3. The molecule has 8 heteroatoms. The zero-order valence-electron chi connectivity index (χ0n) is 6.68. The van der Waals surface area contributed by atoms with Gasteiger partial charge in [0.25, 0.3) is 0 Å². The van der Waals surface area contributed by atoms with Crippen LogP contribution in [-0.2, 0) is 10.4 Å². The van der Waals surface area contributed by atoms with Crippen molar-refractivity contribution < 1.29 is 22.0 Å². The minimum atomic E-state index is -4.67. The first-order valence-electron chi connectivity index (χ1n) is 3.15. The van der Waals surface area contributed by atoms with Crippen LogP contribution >= 0.6 is 15.9 Å². The van der Waals surface area contributed by atoms with E-state index in [9.17, 15) is 4.48 Å². The second kappa shape index (κ2) is 5.91. The molecule has 0 atom stereocenters. The van der Waals surface area contributed by atoms with Crippen LogP contribution in [0.25, 0.3) is 0 Å². The second-order valence-corrected chi connectivity index (χ2v) is 3.86. The van der Waals surface area contributed by atoms with Gasteiger partial charge in [-0.15, -0.1) is 4.48 Å². The predicted molar refractivity (Wildman–Crippen MR) is 53.1 cm³/mol. The van der Waals surface area contributed by atoms with Crippen LogP contribution in [-0.4, -0.2) is 17.5 Å². The van der Waals surface area contributed by atoms with E-state index in [0.717, 1.165) is 4.47 Å². The zero-order chi connectivity index (χ0) is 11.2. The van der Waals surface area contributed by atoms with Crippen LogP contribution in [0.5, 0.6) is 0 Å². The zero-order valence-corrected chi connectivity index (χ0v) is 9.09. The van der Waals surface area contributed by atoms with Crippen molar-refractivity contribution in [1.82, 2.24) is 0 Å². The molecule has 0 bridgehead atoms. The summed E-state index contributed by atoms with van der Waals surface area (Å²) in [6.45, 7) is 0. The Morgan fingerprint density at radius 2 is 1.57 bits per heavy atom. The SMILES string of the molecule is FNc1ccc(Br)cc1.O=S(=O)(O)O. The highest BCUT2D eigenvalue weighted by molar-refractivity contribution is 9.10. The van der Waals surface area contributed by atoms with E-state index in [2.05, 4.69) is 15.9 Å². The quantitative estimate of drug-likeness (QED) is 0.544. The van der Waals surface area contributed by atoms with Crippen LogP contribution in [0.4, 0.5) is 10.2 Å². The molecule has 0 aliphatic rings. The molecule has 1 aromatic carbocycles. The number of nitrogens with one attached hydrogen (secondary N) is 1. The van der Waals surface area contributed by atoms with Gasteiger partial charge in [-0.1, -0.05) is 15.9 Å². The Bertz CT molecular complexity index is 358. The van der Waals surface area contributed by atoms with Crippen molar-refractivity contribution in [2.24, 2.45) is 0 Å². The van der Waals surface area contributed by atoms with Gasteiger partial charge in [-0.2, -0.15) is 8.42 Å². The van der Waals surface area contributed by atoms with Crippen LogP contribution in [0, 0.1) is 0 Å². The fourth-order valence-corrected chi connectivity index (χ4v) is 0.777. The lowest BCUT2D eigenvalue weighted by Crippen LogP contribution is -1.89. The molecule has 14 heavy (non-hydrogen) atoms. The topological polar surface area (TPSA) is 86.6 Å². The van der Waals surface area contributed by atoms with Crippen LogP contribution < -0.4 is 5.54 Å². The molecule has 0 fully saturated rings. The van der Waals surface area contributed by atoms with E-state index < -0.39 is 10.4 Å². The van der Waals surface area contributed by atoms with E-state index in [1.54, 1.807) is 24.3 Å². The molecule has 5 nitrogen and oxygen atoms in total. The summed E-state index contributed by atoms with van der Waals surface area (Å²) < 4.78 is 44.1. The lowest BCUT2D eigenvalue weighted by Gasteiger charge is -1.93. The number of hydrogen-bond acceptors (Lipinski definition) is 3. The predicted octanol–water partition coefficient (Wildman–Crippen LogP) is 2.09. The lowest BCUT2D eigenvalue weighted by atomic mass is 10.3. The van der Waals surface area contributed by atoms with E-state index in [-0.39, 0.29) is 0 Å². The summed E-state index contributed by atoms with van der Waals surface area (Å²) in [5.41, 5.74) is 2.00. The molecule has 0 saturated carbocycles. The molecule has 3 N–H and O–H groups in total. The van der Waals surface area contributed by atoms with Gasteiger partial charge in [-0.05, 0) is 24.3 Å². The Morgan fingerprint density at radius 1 is 1.21 bits per heavy atom. The Labute approximate surface area is 88.6 Å². The van der Waals surface area contributed by atoms with Crippen molar-refractivity contribution in [1.29, 1.82) is 0 Å². The molecular formula is C6H7BrFNO4S. The summed E-state index contributed by atoms with van der Waals surface area (Å²) in [6.07, 6.45) is 0. The smallest absolute Gasteiger partial charge is 0.264 e. The lowest BCUT2D eigenvalue weighted by molar-refractivity contribution is 0.381. The highest BCUT2D eigenvalue weighted by Crippen LogP contribution is 2.13. The molecule has 80 valence electrons. The van der Waals surface area contributed by atoms with E-state index >= 15 is 0 Å². The van der Waals surface area contributed by atoms with Gasteiger partial charge in [0.1, 0.15) is 0 Å². The summed E-state index contributed by atoms with van der Waals surface area (Å²) in [7, 11) is -4.67. The Hall–Kier alpha value is -0.700. The monoisotopic (exact) mass is 287 g/mol. The molecule has 1 aromatic rings. The highest BCUT2D eigenvalue weighted by Gasteiger charge is 1.87. The van der Waals surface area contributed by atoms with Crippen molar-refractivity contribution >= 4 is 32.0 Å². The van der Waals surface area contributed by atoms with Gasteiger partial charge in [0.15, 0.2) is 0 Å². The molecule has 0 saturated heterocycles. The molecule has 0 aliphatic heterocycles. The minimum absolute atomic E-state index is 0.471. The number of hydrogen-bond donors (Lipinski definition) is 3. The molecule has 0 heterocycles. The van der Waals surface area contributed by atoms with Gasteiger partial charge < -0.3 is 0 Å². The third kappa shape index (κ3) is 9.39. The normalized spacial score (nSPS) is 10.0.